The average molecular weight is 200 g/mol. The summed E-state index contributed by atoms with van der Waals surface area (Å²) in [6, 6.07) is 8.76. The highest BCUT2D eigenvalue weighted by Crippen LogP contribution is 2.18. The Balaban J connectivity index is 2.96. The highest BCUT2D eigenvalue weighted by atomic mass is 35.5. The molecule has 0 fully saturated rings. The summed E-state index contributed by atoms with van der Waals surface area (Å²) in [7, 11) is 0. The van der Waals surface area contributed by atoms with Crippen LogP contribution in [0.1, 0.15) is 6.92 Å². The lowest BCUT2D eigenvalue weighted by Crippen LogP contribution is -2.34. The molecule has 0 aliphatic rings. The van der Waals surface area contributed by atoms with Crippen LogP contribution in [0.2, 0.25) is 0 Å². The molecule has 70 valence electrons. The first-order chi connectivity index (χ1) is 6.13. The Kier molecular flexibility index (Phi) is 3.14. The van der Waals surface area contributed by atoms with Crippen molar-refractivity contribution in [3.63, 3.8) is 0 Å². The Morgan fingerprint density at radius 3 is 2.38 bits per heavy atom. The predicted octanol–water partition coefficient (Wildman–Crippen LogP) is 2.76. The van der Waals surface area contributed by atoms with Crippen molar-refractivity contribution in [2.45, 2.75) is 12.4 Å². The molecule has 0 bridgehead atoms. The third kappa shape index (κ3) is 2.36. The number of alkyl halides is 1. The van der Waals surface area contributed by atoms with Gasteiger partial charge in [0.15, 0.2) is 0 Å². The number of nitrogens with zero attached hydrogens (tertiary/aromatic N) is 1. The molecular formula is C9H10ClNO2. The molecule has 0 saturated heterocycles. The van der Waals surface area contributed by atoms with Crippen LogP contribution in [0.15, 0.2) is 30.3 Å². The van der Waals surface area contributed by atoms with Crippen molar-refractivity contribution in [1.29, 1.82) is 0 Å². The van der Waals surface area contributed by atoms with E-state index in [2.05, 4.69) is 0 Å². The number of anilines is 1. The number of hydrogen-bond donors (Lipinski definition) is 1. The molecule has 13 heavy (non-hydrogen) atoms. The molecule has 0 saturated carbocycles. The molecule has 1 N–H and O–H groups in total. The van der Waals surface area contributed by atoms with E-state index in [4.69, 9.17) is 16.7 Å². The first-order valence-electron chi connectivity index (χ1n) is 3.84. The van der Waals surface area contributed by atoms with Gasteiger partial charge in [0.1, 0.15) is 5.50 Å². The molecular weight excluding hydrogens is 190 g/mol. The van der Waals surface area contributed by atoms with Gasteiger partial charge in [-0.1, -0.05) is 29.8 Å². The van der Waals surface area contributed by atoms with Crippen LogP contribution in [0.3, 0.4) is 0 Å². The van der Waals surface area contributed by atoms with Crippen molar-refractivity contribution in [3.8, 4) is 0 Å². The second kappa shape index (κ2) is 4.14. The second-order valence-corrected chi connectivity index (χ2v) is 3.19. The number of para-hydroxylation sites is 1. The Hall–Kier alpha value is -1.22. The topological polar surface area (TPSA) is 40.5 Å². The first-order valence-corrected chi connectivity index (χ1v) is 4.28. The zero-order chi connectivity index (χ0) is 9.84. The van der Waals surface area contributed by atoms with E-state index >= 15 is 0 Å². The molecule has 0 aromatic heterocycles. The van der Waals surface area contributed by atoms with E-state index in [0.29, 0.717) is 5.69 Å². The molecule has 3 nitrogen and oxygen atoms in total. The lowest BCUT2D eigenvalue weighted by Gasteiger charge is -2.21. The summed E-state index contributed by atoms with van der Waals surface area (Å²) in [5, 5.41) is 8.84. The highest BCUT2D eigenvalue weighted by Gasteiger charge is 2.18. The molecule has 1 amide bonds. The predicted molar refractivity (Wildman–Crippen MR) is 52.3 cm³/mol. The minimum absolute atomic E-state index is 0.570. The summed E-state index contributed by atoms with van der Waals surface area (Å²) in [5.74, 6) is 0. The van der Waals surface area contributed by atoms with Crippen molar-refractivity contribution in [3.05, 3.63) is 30.3 Å². The van der Waals surface area contributed by atoms with Crippen LogP contribution in [0.25, 0.3) is 0 Å². The molecule has 0 heterocycles. The number of rotatable bonds is 2. The van der Waals surface area contributed by atoms with Gasteiger partial charge in [0.25, 0.3) is 0 Å². The van der Waals surface area contributed by atoms with E-state index in [9.17, 15) is 4.79 Å². The van der Waals surface area contributed by atoms with Gasteiger partial charge in [-0.2, -0.15) is 0 Å². The normalized spacial score (nSPS) is 12.2. The lowest BCUT2D eigenvalue weighted by atomic mass is 10.3. The van der Waals surface area contributed by atoms with Gasteiger partial charge in [-0.15, -0.1) is 0 Å². The maximum Gasteiger partial charge on any atom is 0.413 e. The molecule has 1 aromatic rings. The molecule has 0 spiro atoms. The Bertz CT molecular complexity index is 287. The standard InChI is InChI=1S/C9H10ClNO2/c1-7(10)11(9(12)13)8-5-3-2-4-6-8/h2-7H,1H3,(H,12,13). The van der Waals surface area contributed by atoms with Crippen LogP contribution in [-0.2, 0) is 0 Å². The zero-order valence-electron chi connectivity index (χ0n) is 7.14. The van der Waals surface area contributed by atoms with Crippen LogP contribution in [0.4, 0.5) is 10.5 Å². The van der Waals surface area contributed by atoms with Crippen molar-refractivity contribution in [1.82, 2.24) is 0 Å². The minimum atomic E-state index is -1.05. The minimum Gasteiger partial charge on any atom is -0.465 e. The van der Waals surface area contributed by atoms with Gasteiger partial charge in [0, 0.05) is 5.69 Å². The average Bonchev–Trinajstić information content (AvgIpc) is 2.04. The Labute approximate surface area is 81.5 Å². The number of halogens is 1. The summed E-state index contributed by atoms with van der Waals surface area (Å²) in [6.07, 6.45) is -1.05. The fourth-order valence-corrected chi connectivity index (χ4v) is 1.25. The van der Waals surface area contributed by atoms with Gasteiger partial charge in [-0.3, -0.25) is 4.90 Å². The number of benzene rings is 1. The third-order valence-corrected chi connectivity index (χ3v) is 1.79. The summed E-state index contributed by atoms with van der Waals surface area (Å²) in [5.41, 5.74) is 0.0115. The van der Waals surface area contributed by atoms with Crippen molar-refractivity contribution in [2.24, 2.45) is 0 Å². The fraction of sp³-hybridized carbons (Fsp3) is 0.222. The van der Waals surface area contributed by atoms with Gasteiger partial charge in [0.05, 0.1) is 0 Å². The van der Waals surface area contributed by atoms with E-state index in [0.717, 1.165) is 4.90 Å². The van der Waals surface area contributed by atoms with Crippen LogP contribution in [0.5, 0.6) is 0 Å². The van der Waals surface area contributed by atoms with Crippen LogP contribution >= 0.6 is 11.6 Å². The Morgan fingerprint density at radius 1 is 1.46 bits per heavy atom. The second-order valence-electron chi connectivity index (χ2n) is 2.56. The molecule has 1 rings (SSSR count). The quantitative estimate of drug-likeness (QED) is 0.588. The SMILES string of the molecule is CC(Cl)N(C(=O)O)c1ccccc1. The third-order valence-electron chi connectivity index (χ3n) is 1.60. The maximum atomic E-state index is 10.8. The number of amides is 1. The summed E-state index contributed by atoms with van der Waals surface area (Å²) >= 11 is 5.72. The van der Waals surface area contributed by atoms with Gasteiger partial charge in [-0.05, 0) is 19.1 Å². The van der Waals surface area contributed by atoms with Gasteiger partial charge in [0.2, 0.25) is 0 Å². The molecule has 1 aromatic carbocycles. The monoisotopic (exact) mass is 199 g/mol. The summed E-state index contributed by atoms with van der Waals surface area (Å²) < 4.78 is 0. The maximum absolute atomic E-state index is 10.8. The van der Waals surface area contributed by atoms with Gasteiger partial charge < -0.3 is 5.11 Å². The number of carboxylic acid groups (broad SMARTS) is 1. The summed E-state index contributed by atoms with van der Waals surface area (Å²) in [4.78, 5) is 11.9. The molecule has 0 radical (unpaired) electrons. The lowest BCUT2D eigenvalue weighted by molar-refractivity contribution is 0.201. The van der Waals surface area contributed by atoms with E-state index in [1.54, 1.807) is 31.2 Å². The van der Waals surface area contributed by atoms with Gasteiger partial charge >= 0.3 is 6.09 Å². The molecule has 4 heteroatoms. The van der Waals surface area contributed by atoms with E-state index < -0.39 is 11.6 Å². The first kappa shape index (κ1) is 9.86. The number of carbonyl (C=O) groups is 1. The van der Waals surface area contributed by atoms with Crippen LogP contribution in [-0.4, -0.2) is 16.7 Å². The van der Waals surface area contributed by atoms with E-state index in [1.807, 2.05) is 6.07 Å². The van der Waals surface area contributed by atoms with E-state index in [-0.39, 0.29) is 0 Å². The van der Waals surface area contributed by atoms with Crippen LogP contribution < -0.4 is 4.90 Å². The summed E-state index contributed by atoms with van der Waals surface area (Å²) in [6.45, 7) is 1.61. The largest absolute Gasteiger partial charge is 0.465 e. The molecule has 1 atom stereocenters. The molecule has 0 aliphatic heterocycles. The molecule has 0 aliphatic carbocycles. The smallest absolute Gasteiger partial charge is 0.413 e. The van der Waals surface area contributed by atoms with E-state index in [1.165, 1.54) is 0 Å². The van der Waals surface area contributed by atoms with Crippen molar-refractivity contribution in [2.75, 3.05) is 4.90 Å². The highest BCUT2D eigenvalue weighted by molar-refractivity contribution is 6.23. The fourth-order valence-electron chi connectivity index (χ4n) is 1.06. The van der Waals surface area contributed by atoms with Crippen molar-refractivity contribution >= 4 is 23.4 Å². The van der Waals surface area contributed by atoms with Gasteiger partial charge in [-0.25, -0.2) is 4.79 Å². The molecule has 1 unspecified atom stereocenters. The zero-order valence-corrected chi connectivity index (χ0v) is 7.90. The number of hydrogen-bond acceptors (Lipinski definition) is 1. The van der Waals surface area contributed by atoms with Crippen molar-refractivity contribution < 1.29 is 9.90 Å². The Morgan fingerprint density at radius 2 is 2.00 bits per heavy atom. The van der Waals surface area contributed by atoms with Crippen LogP contribution in [0, 0.1) is 0 Å².